The van der Waals surface area contributed by atoms with E-state index < -0.39 is 20.7 Å². The molecule has 0 saturated heterocycles. The lowest BCUT2D eigenvalue weighted by Gasteiger charge is -2.20. The Labute approximate surface area is 133 Å². The van der Waals surface area contributed by atoms with Crippen LogP contribution in [0.3, 0.4) is 0 Å². The molecule has 0 bridgehead atoms. The molecule has 0 atom stereocenters. The van der Waals surface area contributed by atoms with E-state index in [1.54, 1.807) is 39.0 Å². The van der Waals surface area contributed by atoms with E-state index in [-0.39, 0.29) is 5.03 Å². The molecule has 8 heteroatoms. The quantitative estimate of drug-likeness (QED) is 0.780. The Morgan fingerprint density at radius 3 is 2.36 bits per heavy atom. The fourth-order valence-corrected chi connectivity index (χ4v) is 2.97. The predicted molar refractivity (Wildman–Crippen MR) is 83.2 cm³/mol. The zero-order valence-electron chi connectivity index (χ0n) is 12.6. The third-order valence-corrected chi connectivity index (χ3v) is 4.08. The number of carbonyl (C=O) groups excluding carboxylic acids is 1. The second kappa shape index (κ2) is 5.48. The van der Waals surface area contributed by atoms with E-state index in [9.17, 15) is 13.2 Å². The first-order chi connectivity index (χ1) is 10.0. The molecule has 0 spiro atoms. The molecule has 1 heterocycles. The Balaban J connectivity index is 2.71. The molecule has 0 radical (unpaired) electrons. The summed E-state index contributed by atoms with van der Waals surface area (Å²) in [4.78, 5) is 12.3. The summed E-state index contributed by atoms with van der Waals surface area (Å²) in [5.41, 5.74) is -0.401. The van der Waals surface area contributed by atoms with Gasteiger partial charge in [-0.3, -0.25) is 0 Å². The molecule has 6 nitrogen and oxygen atoms in total. The van der Waals surface area contributed by atoms with E-state index in [0.717, 1.165) is 4.57 Å². The standard InChI is InChI=1S/C14H16ClNO5S/c1-14(2,3)21-13(17)16-11-6-5-10(20-4)7-9(11)8-12(16)22(15,18)19/h5-8H,1-4H3. The first-order valence-electron chi connectivity index (χ1n) is 6.40. The largest absolute Gasteiger partial charge is 0.497 e. The maximum Gasteiger partial charge on any atom is 0.420 e. The van der Waals surface area contributed by atoms with Crippen LogP contribution in [0.4, 0.5) is 4.79 Å². The highest BCUT2D eigenvalue weighted by Gasteiger charge is 2.27. The molecule has 0 aliphatic rings. The SMILES string of the molecule is COc1ccc2c(c1)cc(S(=O)(=O)Cl)n2C(=O)OC(C)(C)C. The number of halogens is 1. The van der Waals surface area contributed by atoms with Crippen molar-refractivity contribution in [3.05, 3.63) is 24.3 Å². The number of fused-ring (bicyclic) bond motifs is 1. The maximum atomic E-state index is 12.3. The molecule has 1 aromatic heterocycles. The van der Waals surface area contributed by atoms with E-state index in [0.29, 0.717) is 16.7 Å². The van der Waals surface area contributed by atoms with Gasteiger partial charge < -0.3 is 9.47 Å². The maximum absolute atomic E-state index is 12.3. The predicted octanol–water partition coefficient (Wildman–Crippen LogP) is 3.36. The summed E-state index contributed by atoms with van der Waals surface area (Å²) in [6, 6.07) is 6.11. The lowest BCUT2D eigenvalue weighted by atomic mass is 10.2. The number of nitrogens with zero attached hydrogens (tertiary/aromatic N) is 1. The summed E-state index contributed by atoms with van der Waals surface area (Å²) in [7, 11) is 2.81. The van der Waals surface area contributed by atoms with Crippen LogP contribution in [0, 0.1) is 0 Å². The van der Waals surface area contributed by atoms with Crippen LogP contribution in [-0.4, -0.2) is 31.8 Å². The molecule has 0 fully saturated rings. The summed E-state index contributed by atoms with van der Waals surface area (Å²) < 4.78 is 34.8. The van der Waals surface area contributed by atoms with Crippen LogP contribution in [-0.2, 0) is 13.8 Å². The normalized spacial score (nSPS) is 12.4. The first kappa shape index (κ1) is 16.6. The molecule has 0 amide bonds. The average Bonchev–Trinajstić information content (AvgIpc) is 2.74. The van der Waals surface area contributed by atoms with E-state index >= 15 is 0 Å². The Hall–Kier alpha value is -1.73. The number of aromatic nitrogens is 1. The average molecular weight is 346 g/mol. The molecule has 0 unspecified atom stereocenters. The van der Waals surface area contributed by atoms with Crippen molar-refractivity contribution in [3.8, 4) is 5.75 Å². The monoisotopic (exact) mass is 345 g/mol. The summed E-state index contributed by atoms with van der Waals surface area (Å²) in [5.74, 6) is 0.535. The number of hydrogen-bond donors (Lipinski definition) is 0. The Morgan fingerprint density at radius 1 is 1.23 bits per heavy atom. The lowest BCUT2D eigenvalue weighted by Crippen LogP contribution is -2.28. The molecular formula is C14H16ClNO5S. The van der Waals surface area contributed by atoms with Crippen molar-refractivity contribution in [2.75, 3.05) is 7.11 Å². The first-order valence-corrected chi connectivity index (χ1v) is 8.71. The summed E-state index contributed by atoms with van der Waals surface area (Å²) in [6.45, 7) is 5.07. The molecule has 0 aliphatic carbocycles. The Bertz CT molecular complexity index is 833. The number of ether oxygens (including phenoxy) is 2. The van der Waals surface area contributed by atoms with Crippen LogP contribution in [0.1, 0.15) is 20.8 Å². The van der Waals surface area contributed by atoms with Gasteiger partial charge in [0.25, 0.3) is 9.05 Å². The number of rotatable bonds is 2. The fraction of sp³-hybridized carbons (Fsp3) is 0.357. The van der Waals surface area contributed by atoms with E-state index in [2.05, 4.69) is 0 Å². The van der Waals surface area contributed by atoms with Gasteiger partial charge in [0.15, 0.2) is 5.03 Å². The van der Waals surface area contributed by atoms with E-state index in [1.807, 2.05) is 0 Å². The molecular weight excluding hydrogens is 330 g/mol. The van der Waals surface area contributed by atoms with Crippen molar-refractivity contribution < 1.29 is 22.7 Å². The molecule has 2 aromatic rings. The minimum Gasteiger partial charge on any atom is -0.497 e. The topological polar surface area (TPSA) is 74.6 Å². The van der Waals surface area contributed by atoms with Crippen LogP contribution in [0.5, 0.6) is 5.75 Å². The number of carbonyl (C=O) groups is 1. The zero-order valence-corrected chi connectivity index (χ0v) is 14.2. The van der Waals surface area contributed by atoms with Gasteiger partial charge >= 0.3 is 6.09 Å². The Kier molecular flexibility index (Phi) is 4.14. The molecule has 22 heavy (non-hydrogen) atoms. The van der Waals surface area contributed by atoms with Gasteiger partial charge in [-0.15, -0.1) is 0 Å². The van der Waals surface area contributed by atoms with Gasteiger partial charge in [-0.25, -0.2) is 17.8 Å². The number of methoxy groups -OCH3 is 1. The van der Waals surface area contributed by atoms with Crippen LogP contribution in [0.2, 0.25) is 0 Å². The van der Waals surface area contributed by atoms with Gasteiger partial charge in [0, 0.05) is 16.1 Å². The van der Waals surface area contributed by atoms with Crippen molar-refractivity contribution in [3.63, 3.8) is 0 Å². The van der Waals surface area contributed by atoms with Crippen LogP contribution in [0.15, 0.2) is 29.3 Å². The van der Waals surface area contributed by atoms with Crippen molar-refractivity contribution in [2.24, 2.45) is 0 Å². The third kappa shape index (κ3) is 3.36. The Morgan fingerprint density at radius 2 is 1.86 bits per heavy atom. The summed E-state index contributed by atoms with van der Waals surface area (Å²) in [6.07, 6.45) is -0.813. The minimum absolute atomic E-state index is 0.341. The van der Waals surface area contributed by atoms with Gasteiger partial charge in [-0.05, 0) is 45.0 Å². The smallest absolute Gasteiger partial charge is 0.420 e. The van der Waals surface area contributed by atoms with Crippen molar-refractivity contribution in [1.82, 2.24) is 4.57 Å². The minimum atomic E-state index is -4.12. The molecule has 0 aliphatic heterocycles. The fourth-order valence-electron chi connectivity index (χ4n) is 1.97. The van der Waals surface area contributed by atoms with Crippen LogP contribution < -0.4 is 4.74 Å². The third-order valence-electron chi connectivity index (χ3n) is 2.80. The van der Waals surface area contributed by atoms with Crippen molar-refractivity contribution in [2.45, 2.75) is 31.4 Å². The van der Waals surface area contributed by atoms with Gasteiger partial charge in [0.05, 0.1) is 12.6 Å². The van der Waals surface area contributed by atoms with E-state index in [1.165, 1.54) is 13.2 Å². The summed E-state index contributed by atoms with van der Waals surface area (Å²) in [5, 5.41) is 0.163. The number of hydrogen-bond acceptors (Lipinski definition) is 5. The molecule has 2 rings (SSSR count). The van der Waals surface area contributed by atoms with Crippen LogP contribution >= 0.6 is 10.7 Å². The number of benzene rings is 1. The lowest BCUT2D eigenvalue weighted by molar-refractivity contribution is 0.0530. The summed E-state index contributed by atoms with van der Waals surface area (Å²) >= 11 is 0. The highest BCUT2D eigenvalue weighted by Crippen LogP contribution is 2.29. The van der Waals surface area contributed by atoms with Crippen LogP contribution in [0.25, 0.3) is 10.9 Å². The van der Waals surface area contributed by atoms with Crippen molar-refractivity contribution in [1.29, 1.82) is 0 Å². The zero-order chi connectivity index (χ0) is 16.7. The second-order valence-electron chi connectivity index (χ2n) is 5.66. The molecule has 0 N–H and O–H groups in total. The highest BCUT2D eigenvalue weighted by atomic mass is 35.7. The van der Waals surface area contributed by atoms with Gasteiger partial charge in [-0.1, -0.05) is 0 Å². The highest BCUT2D eigenvalue weighted by molar-refractivity contribution is 8.13. The second-order valence-corrected chi connectivity index (χ2v) is 8.17. The van der Waals surface area contributed by atoms with Gasteiger partial charge in [-0.2, -0.15) is 0 Å². The van der Waals surface area contributed by atoms with Gasteiger partial charge in [0.1, 0.15) is 11.4 Å². The van der Waals surface area contributed by atoms with Crippen molar-refractivity contribution >= 4 is 36.7 Å². The van der Waals surface area contributed by atoms with Gasteiger partial charge in [0.2, 0.25) is 0 Å². The van der Waals surface area contributed by atoms with E-state index in [4.69, 9.17) is 20.2 Å². The molecule has 120 valence electrons. The molecule has 0 saturated carbocycles. The molecule has 1 aromatic carbocycles.